The predicted molar refractivity (Wildman–Crippen MR) is 307 cm³/mol. The van der Waals surface area contributed by atoms with Crippen molar-refractivity contribution in [3.8, 4) is 39.5 Å². The second kappa shape index (κ2) is 20.2. The molecule has 0 amide bonds. The van der Waals surface area contributed by atoms with Crippen molar-refractivity contribution in [2.75, 3.05) is 0 Å². The first-order valence-electron chi connectivity index (χ1n) is 25.7. The van der Waals surface area contributed by atoms with Crippen LogP contribution in [0.3, 0.4) is 0 Å². The van der Waals surface area contributed by atoms with Crippen LogP contribution in [0, 0.1) is 45.6 Å². The van der Waals surface area contributed by atoms with Gasteiger partial charge in [-0.25, -0.2) is 0 Å². The van der Waals surface area contributed by atoms with Crippen LogP contribution in [0.1, 0.15) is 60.4 Å². The summed E-state index contributed by atoms with van der Waals surface area (Å²) in [6.45, 7) is 19.9. The van der Waals surface area contributed by atoms with E-state index in [4.69, 9.17) is 14.4 Å². The molecular weight excluding hydrogens is 1100 g/mol. The quantitative estimate of drug-likeness (QED) is 0.0865. The number of halogens is 1. The first kappa shape index (κ1) is 49.0. The van der Waals surface area contributed by atoms with Gasteiger partial charge in [0.2, 0.25) is 0 Å². The molecule has 12 rings (SSSR count). The normalized spacial score (nSPS) is 13.1. The Labute approximate surface area is 449 Å². The van der Waals surface area contributed by atoms with Gasteiger partial charge in [-0.2, -0.15) is 0 Å². The summed E-state index contributed by atoms with van der Waals surface area (Å²) in [5.74, 6) is -0.372. The molecule has 0 saturated carbocycles. The molecule has 0 fully saturated rings. The van der Waals surface area contributed by atoms with Gasteiger partial charge in [-0.15, -0.1) is 48.0 Å². The van der Waals surface area contributed by atoms with Crippen molar-refractivity contribution in [3.63, 3.8) is 0 Å². The largest absolute Gasteiger partial charge is 0.500 e. The predicted octanol–water partition coefficient (Wildman–Crippen LogP) is 17.7. The summed E-state index contributed by atoms with van der Waals surface area (Å²) in [4.78, 5) is 10.1. The molecule has 0 aliphatic rings. The Morgan fingerprint density at radius 3 is 1.99 bits per heavy atom. The summed E-state index contributed by atoms with van der Waals surface area (Å²) in [5, 5.41) is 7.25. The van der Waals surface area contributed by atoms with Crippen molar-refractivity contribution in [3.05, 3.63) is 227 Å². The maximum atomic E-state index is 15.5. The molecule has 12 aromatic rings. The third kappa shape index (κ3) is 9.01. The smallest absolute Gasteiger partial charge is 0.121 e. The summed E-state index contributed by atoms with van der Waals surface area (Å²) in [7, 11) is -1.65. The van der Waals surface area contributed by atoms with E-state index in [-0.39, 0.29) is 31.8 Å². The first-order valence-corrected chi connectivity index (χ1v) is 28.7. The molecule has 0 aliphatic heterocycles. The summed E-state index contributed by atoms with van der Waals surface area (Å²) < 4.78 is 33.5. The van der Waals surface area contributed by atoms with E-state index < -0.39 is 14.0 Å². The average molecular weight is 1160 g/mol. The van der Waals surface area contributed by atoms with Crippen LogP contribution in [0.25, 0.3) is 94.0 Å². The van der Waals surface area contributed by atoms with E-state index in [0.29, 0.717) is 27.9 Å². The summed E-state index contributed by atoms with van der Waals surface area (Å²) in [6.07, 6.45) is 2.02. The summed E-state index contributed by atoms with van der Waals surface area (Å²) in [6, 6.07) is 63.9. The van der Waals surface area contributed by atoms with Gasteiger partial charge < -0.3 is 14.0 Å². The Morgan fingerprint density at radius 2 is 1.30 bits per heavy atom. The van der Waals surface area contributed by atoms with E-state index in [1.54, 1.807) is 0 Å². The molecule has 4 nitrogen and oxygen atoms in total. The van der Waals surface area contributed by atoms with Gasteiger partial charge in [-0.05, 0) is 147 Å². The van der Waals surface area contributed by atoms with Gasteiger partial charge in [0.15, 0.2) is 0 Å². The van der Waals surface area contributed by atoms with Gasteiger partial charge >= 0.3 is 0 Å². The number of pyridine rings is 1. The second-order valence-corrected chi connectivity index (χ2v) is 25.6. The number of benzene rings is 9. The monoisotopic (exact) mass is 1160 g/mol. The number of hydrogen-bond donors (Lipinski definition) is 0. The number of aromatic nitrogens is 3. The molecule has 0 N–H and O–H groups in total. The number of furan rings is 1. The van der Waals surface area contributed by atoms with E-state index in [2.05, 4.69) is 174 Å². The van der Waals surface area contributed by atoms with Gasteiger partial charge in [-0.1, -0.05) is 154 Å². The molecule has 9 aromatic carbocycles. The van der Waals surface area contributed by atoms with Crippen LogP contribution in [0.4, 0.5) is 4.39 Å². The third-order valence-corrected chi connectivity index (χ3v) is 16.9. The molecule has 2 atom stereocenters. The van der Waals surface area contributed by atoms with Gasteiger partial charge in [0.1, 0.15) is 5.58 Å². The fraction of sp³-hybridized carbons (Fsp3) is 0.164. The van der Waals surface area contributed by atoms with Crippen LogP contribution in [0.15, 0.2) is 180 Å². The first-order chi connectivity index (χ1) is 35.6. The Balaban J connectivity index is 0.000000196. The van der Waals surface area contributed by atoms with Crippen LogP contribution in [0.2, 0.25) is 19.6 Å². The minimum absolute atomic E-state index is 0. The Kier molecular flexibility index (Phi) is 13.4. The van der Waals surface area contributed by atoms with Gasteiger partial charge in [-0.3, -0.25) is 9.37 Å². The van der Waals surface area contributed by atoms with Gasteiger partial charge in [0.05, 0.1) is 30.5 Å². The number of fused-ring (bicyclic) bond motifs is 7. The van der Waals surface area contributed by atoms with Gasteiger partial charge in [0.25, 0.3) is 0 Å². The van der Waals surface area contributed by atoms with E-state index in [1.807, 2.05) is 73.8 Å². The molecule has 3 aromatic heterocycles. The Bertz CT molecular complexity index is 4080. The van der Waals surface area contributed by atoms with Crippen LogP contribution in [-0.2, 0) is 20.1 Å². The molecular formula is C67H58FIrN3OSi-2. The maximum Gasteiger partial charge on any atom is 0.121 e. The second-order valence-electron chi connectivity index (χ2n) is 20.5. The Hall–Kier alpha value is -7.28. The molecule has 369 valence electrons. The average Bonchev–Trinajstić information content (AvgIpc) is 3.99. The molecule has 74 heavy (non-hydrogen) atoms. The van der Waals surface area contributed by atoms with E-state index in [1.165, 1.54) is 49.7 Å². The molecule has 2 unspecified atom stereocenters. The molecule has 7 heteroatoms. The zero-order chi connectivity index (χ0) is 51.6. The molecule has 0 saturated heterocycles. The zero-order valence-electron chi connectivity index (χ0n) is 44.3. The number of para-hydroxylation sites is 1. The standard InChI is InChI=1S/C43H30FN2O.C24H28NSi.Ir/c1-24-20-29(28-12-6-5-7-13-28)21-25(2)41(24)46-38-23-34-27(4)26(3)30-14-8-9-15-31(30)35(34)22-37(38)45-43(46)33-18-19-36(44)40-32-16-10-11-17-39(32)47-42(33)40;1-18(20-12-8-6-9-13-20)19(2)22-16-23(21-14-10-7-11-15-21)25-17-24(22)26(3,4)5;/h5-17,19-23H,1-4H3;6-14,16-19H,1-5H3;/q2*-1;/i;19D;. The number of aryl methyl sites for hydroxylation is 4. The summed E-state index contributed by atoms with van der Waals surface area (Å²) >= 11 is 0. The summed E-state index contributed by atoms with van der Waals surface area (Å²) in [5.41, 5.74) is 15.8. The van der Waals surface area contributed by atoms with Crippen molar-refractivity contribution in [1.29, 1.82) is 0 Å². The SMILES string of the molecule is Cc1cc(-c2ccccc2)cc(C)c1-n1c(-c2[c-]cc(F)c3c2oc2ccccc23)nc2cc3c(cc21)c(C)c(C)c1ccccc13.[2H]C(C)(c1cc(-c2[c-]cccc2)ncc1[Si](C)(C)C)C(C)c1ccccc1.[Ir]. The van der Waals surface area contributed by atoms with Crippen molar-refractivity contribution >= 4 is 67.8 Å². The van der Waals surface area contributed by atoms with Crippen molar-refractivity contribution < 1.29 is 30.3 Å². The fourth-order valence-corrected chi connectivity index (χ4v) is 12.3. The minimum atomic E-state index is -1.65. The molecule has 0 spiro atoms. The van der Waals surface area contributed by atoms with Crippen LogP contribution < -0.4 is 5.19 Å². The van der Waals surface area contributed by atoms with Crippen molar-refractivity contribution in [2.45, 2.75) is 73.0 Å². The molecule has 0 bridgehead atoms. The fourth-order valence-electron chi connectivity index (χ4n) is 10.8. The van der Waals surface area contributed by atoms with E-state index in [9.17, 15) is 1.37 Å². The Morgan fingerprint density at radius 1 is 0.662 bits per heavy atom. The number of rotatable bonds is 8. The minimum Gasteiger partial charge on any atom is -0.500 e. The van der Waals surface area contributed by atoms with E-state index in [0.717, 1.165) is 61.0 Å². The zero-order valence-corrected chi connectivity index (χ0v) is 46.7. The molecule has 1 radical (unpaired) electrons. The number of imidazole rings is 1. The third-order valence-electron chi connectivity index (χ3n) is 14.9. The van der Waals surface area contributed by atoms with Crippen molar-refractivity contribution in [1.82, 2.24) is 14.5 Å². The topological polar surface area (TPSA) is 43.9 Å². The van der Waals surface area contributed by atoms with Crippen molar-refractivity contribution in [2.24, 2.45) is 0 Å². The number of hydrogen-bond acceptors (Lipinski definition) is 3. The number of nitrogens with zero attached hydrogens (tertiary/aromatic N) is 3. The maximum absolute atomic E-state index is 15.5. The van der Waals surface area contributed by atoms with E-state index >= 15 is 4.39 Å². The van der Waals surface area contributed by atoms with Crippen LogP contribution >= 0.6 is 0 Å². The van der Waals surface area contributed by atoms with Gasteiger partial charge in [0, 0.05) is 44.6 Å². The van der Waals surface area contributed by atoms with Crippen LogP contribution in [-0.4, -0.2) is 22.6 Å². The van der Waals surface area contributed by atoms with Crippen LogP contribution in [0.5, 0.6) is 0 Å². The molecule has 3 heterocycles. The molecule has 0 aliphatic carbocycles.